The smallest absolute Gasteiger partial charge is 0.319 e. The topological polar surface area (TPSA) is 54.0 Å². The van der Waals surface area contributed by atoms with Crippen LogP contribution in [0.1, 0.15) is 5.56 Å². The van der Waals surface area contributed by atoms with Crippen molar-refractivity contribution in [2.24, 2.45) is 0 Å². The Morgan fingerprint density at radius 1 is 0.923 bits per heavy atom. The fraction of sp³-hybridized carbons (Fsp3) is 0.0526. The number of halogens is 2. The average Bonchev–Trinajstić information content (AvgIpc) is 2.62. The maximum Gasteiger partial charge on any atom is 0.319 e. The predicted molar refractivity (Wildman–Crippen MR) is 97.0 cm³/mol. The number of urea groups is 1. The molecule has 4 nitrogen and oxygen atoms in total. The van der Waals surface area contributed by atoms with Crippen LogP contribution in [0.4, 0.5) is 19.3 Å². The first kappa shape index (κ1) is 17.9. The summed E-state index contributed by atoms with van der Waals surface area (Å²) in [6, 6.07) is 13.7. The molecule has 2 aromatic carbocycles. The molecule has 0 aliphatic heterocycles. The molecule has 3 rings (SSSR count). The van der Waals surface area contributed by atoms with E-state index >= 15 is 0 Å². The highest BCUT2D eigenvalue weighted by atomic mass is 32.2. The number of amides is 2. The molecule has 7 heteroatoms. The van der Waals surface area contributed by atoms with Crippen molar-refractivity contribution < 1.29 is 13.6 Å². The lowest BCUT2D eigenvalue weighted by molar-refractivity contribution is 0.251. The van der Waals surface area contributed by atoms with Crippen molar-refractivity contribution in [1.82, 2.24) is 10.3 Å². The minimum absolute atomic E-state index is 0.325. The van der Waals surface area contributed by atoms with E-state index in [0.717, 1.165) is 16.5 Å². The van der Waals surface area contributed by atoms with E-state index in [1.54, 1.807) is 36.7 Å². The summed E-state index contributed by atoms with van der Waals surface area (Å²) in [7, 11) is 0. The number of hydrogen-bond donors (Lipinski definition) is 2. The molecule has 0 unspecified atom stereocenters. The van der Waals surface area contributed by atoms with E-state index in [9.17, 15) is 13.6 Å². The van der Waals surface area contributed by atoms with Crippen molar-refractivity contribution in [2.45, 2.75) is 16.3 Å². The molecule has 0 aliphatic rings. The summed E-state index contributed by atoms with van der Waals surface area (Å²) in [6.07, 6.45) is 3.32. The Morgan fingerprint density at radius 3 is 2.23 bits per heavy atom. The van der Waals surface area contributed by atoms with Gasteiger partial charge in [0.1, 0.15) is 11.6 Å². The average molecular weight is 371 g/mol. The summed E-state index contributed by atoms with van der Waals surface area (Å²) < 4.78 is 26.4. The highest BCUT2D eigenvalue weighted by Gasteiger charge is 2.05. The molecular formula is C19H15F2N3OS. The first-order valence-corrected chi connectivity index (χ1v) is 8.58. The summed E-state index contributed by atoms with van der Waals surface area (Å²) in [5.74, 6) is -1.23. The van der Waals surface area contributed by atoms with Crippen LogP contribution in [0.3, 0.4) is 0 Å². The minimum Gasteiger partial charge on any atom is -0.334 e. The van der Waals surface area contributed by atoms with Crippen LogP contribution >= 0.6 is 11.8 Å². The van der Waals surface area contributed by atoms with Gasteiger partial charge in [-0.15, -0.1) is 0 Å². The largest absolute Gasteiger partial charge is 0.334 e. The molecule has 0 fully saturated rings. The van der Waals surface area contributed by atoms with Gasteiger partial charge in [0.05, 0.1) is 0 Å². The van der Waals surface area contributed by atoms with E-state index in [1.165, 1.54) is 23.9 Å². The monoisotopic (exact) mass is 371 g/mol. The third-order valence-corrected chi connectivity index (χ3v) is 4.37. The summed E-state index contributed by atoms with van der Waals surface area (Å²) in [6.45, 7) is 0.396. The molecule has 0 atom stereocenters. The number of carbonyl (C=O) groups excluding carboxylic acids is 1. The number of nitrogens with one attached hydrogen (secondary N) is 2. The van der Waals surface area contributed by atoms with Crippen LogP contribution in [-0.2, 0) is 6.54 Å². The molecule has 1 aromatic heterocycles. The Balaban J connectivity index is 1.54. The predicted octanol–water partition coefficient (Wildman–Crippen LogP) is 4.83. The highest BCUT2D eigenvalue weighted by Crippen LogP contribution is 2.29. The minimum atomic E-state index is -0.614. The summed E-state index contributed by atoms with van der Waals surface area (Å²) in [4.78, 5) is 17.1. The maximum absolute atomic E-state index is 13.2. The van der Waals surface area contributed by atoms with Crippen LogP contribution in [0.25, 0.3) is 0 Å². The Labute approximate surface area is 153 Å². The molecule has 0 saturated heterocycles. The van der Waals surface area contributed by atoms with Crippen molar-refractivity contribution >= 4 is 23.5 Å². The van der Waals surface area contributed by atoms with Gasteiger partial charge in [-0.05, 0) is 54.1 Å². The molecule has 0 bridgehead atoms. The van der Waals surface area contributed by atoms with Crippen LogP contribution < -0.4 is 10.6 Å². The Bertz CT molecular complexity index is 869. The van der Waals surface area contributed by atoms with Gasteiger partial charge >= 0.3 is 6.03 Å². The van der Waals surface area contributed by atoms with E-state index in [4.69, 9.17) is 0 Å². The van der Waals surface area contributed by atoms with E-state index < -0.39 is 11.6 Å². The van der Waals surface area contributed by atoms with Crippen molar-refractivity contribution in [3.8, 4) is 0 Å². The lowest BCUT2D eigenvalue weighted by Crippen LogP contribution is -2.28. The second kappa shape index (κ2) is 8.44. The zero-order valence-electron chi connectivity index (χ0n) is 13.6. The molecular weight excluding hydrogens is 356 g/mol. The fourth-order valence-corrected chi connectivity index (χ4v) is 3.08. The number of pyridine rings is 1. The van der Waals surface area contributed by atoms with E-state index in [-0.39, 0.29) is 6.03 Å². The number of carbonyl (C=O) groups is 1. The quantitative estimate of drug-likeness (QED) is 0.675. The van der Waals surface area contributed by atoms with E-state index in [2.05, 4.69) is 15.6 Å². The zero-order valence-corrected chi connectivity index (χ0v) is 14.4. The fourth-order valence-electron chi connectivity index (χ4n) is 2.19. The van der Waals surface area contributed by atoms with E-state index in [1.807, 2.05) is 12.1 Å². The van der Waals surface area contributed by atoms with Gasteiger partial charge < -0.3 is 10.6 Å². The van der Waals surface area contributed by atoms with Crippen molar-refractivity contribution in [1.29, 1.82) is 0 Å². The number of anilines is 1. The van der Waals surface area contributed by atoms with Gasteiger partial charge in [0.2, 0.25) is 0 Å². The molecule has 0 radical (unpaired) electrons. The molecule has 0 saturated carbocycles. The van der Waals surface area contributed by atoms with Gasteiger partial charge in [-0.25, -0.2) is 13.6 Å². The summed E-state index contributed by atoms with van der Waals surface area (Å²) in [5, 5.41) is 5.47. The Hall–Kier alpha value is -2.93. The van der Waals surface area contributed by atoms with Crippen LogP contribution in [0, 0.1) is 11.6 Å². The molecule has 1 heterocycles. The Morgan fingerprint density at radius 2 is 1.58 bits per heavy atom. The third-order valence-electron chi connectivity index (χ3n) is 3.39. The van der Waals surface area contributed by atoms with Gasteiger partial charge in [-0.1, -0.05) is 11.8 Å². The van der Waals surface area contributed by atoms with Gasteiger partial charge in [-0.3, -0.25) is 4.98 Å². The lowest BCUT2D eigenvalue weighted by Gasteiger charge is -2.08. The molecule has 3 aromatic rings. The zero-order chi connectivity index (χ0) is 18.4. The first-order valence-electron chi connectivity index (χ1n) is 7.76. The first-order chi connectivity index (χ1) is 12.6. The van der Waals surface area contributed by atoms with Crippen LogP contribution in [0.2, 0.25) is 0 Å². The van der Waals surface area contributed by atoms with Crippen molar-refractivity contribution in [3.63, 3.8) is 0 Å². The second-order valence-corrected chi connectivity index (χ2v) is 6.54. The molecule has 0 aliphatic carbocycles. The van der Waals surface area contributed by atoms with Crippen LogP contribution in [-0.4, -0.2) is 11.0 Å². The highest BCUT2D eigenvalue weighted by molar-refractivity contribution is 7.99. The second-order valence-electron chi connectivity index (χ2n) is 5.39. The molecule has 0 spiro atoms. The number of benzene rings is 2. The number of aromatic nitrogens is 1. The molecule has 2 amide bonds. The van der Waals surface area contributed by atoms with Crippen molar-refractivity contribution in [2.75, 3.05) is 5.32 Å². The number of nitrogens with zero attached hydrogens (tertiary/aromatic N) is 1. The van der Waals surface area contributed by atoms with Gasteiger partial charge in [0.25, 0.3) is 0 Å². The van der Waals surface area contributed by atoms with E-state index in [0.29, 0.717) is 17.1 Å². The SMILES string of the molecule is O=C(NCc1ccncc1)Nc1ccc(Sc2cc(F)cc(F)c2)cc1. The Kier molecular flexibility index (Phi) is 5.80. The number of hydrogen-bond acceptors (Lipinski definition) is 3. The van der Waals surface area contributed by atoms with Gasteiger partial charge in [-0.2, -0.15) is 0 Å². The number of rotatable bonds is 5. The van der Waals surface area contributed by atoms with Crippen molar-refractivity contribution in [3.05, 3.63) is 84.2 Å². The molecule has 132 valence electrons. The normalized spacial score (nSPS) is 10.4. The molecule has 2 N–H and O–H groups in total. The standard InChI is InChI=1S/C19H15F2N3OS/c20-14-9-15(21)11-18(10-14)26-17-3-1-16(2-4-17)24-19(25)23-12-13-5-7-22-8-6-13/h1-11H,12H2,(H2,23,24,25). The van der Waals surface area contributed by atoms with Crippen LogP contribution in [0.15, 0.2) is 76.8 Å². The lowest BCUT2D eigenvalue weighted by atomic mass is 10.3. The van der Waals surface area contributed by atoms with Gasteiger partial charge in [0, 0.05) is 40.5 Å². The maximum atomic E-state index is 13.2. The molecule has 26 heavy (non-hydrogen) atoms. The summed E-state index contributed by atoms with van der Waals surface area (Å²) in [5.41, 5.74) is 1.57. The van der Waals surface area contributed by atoms with Crippen LogP contribution in [0.5, 0.6) is 0 Å². The summed E-state index contributed by atoms with van der Waals surface area (Å²) >= 11 is 1.24. The van der Waals surface area contributed by atoms with Gasteiger partial charge in [0.15, 0.2) is 0 Å². The third kappa shape index (κ3) is 5.29.